The van der Waals surface area contributed by atoms with Gasteiger partial charge in [0.05, 0.1) is 6.10 Å². The molecule has 1 atom stereocenters. The Bertz CT molecular complexity index is 314. The predicted octanol–water partition coefficient (Wildman–Crippen LogP) is 0.413. The molecule has 5 heteroatoms. The molecule has 0 aromatic rings. The van der Waals surface area contributed by atoms with E-state index in [9.17, 15) is 9.90 Å². The minimum absolute atomic E-state index is 0.106. The van der Waals surface area contributed by atoms with Crippen LogP contribution in [0.5, 0.6) is 0 Å². The number of hydrogen-bond acceptors (Lipinski definition) is 4. The fourth-order valence-electron chi connectivity index (χ4n) is 1.85. The Morgan fingerprint density at radius 3 is 2.82 bits per heavy atom. The molecule has 17 heavy (non-hydrogen) atoms. The molecular weight excluding hydrogens is 222 g/mol. The van der Waals surface area contributed by atoms with E-state index in [4.69, 9.17) is 9.78 Å². The van der Waals surface area contributed by atoms with Gasteiger partial charge in [0.1, 0.15) is 6.10 Å². The second-order valence-electron chi connectivity index (χ2n) is 4.20. The smallest absolute Gasteiger partial charge is 0.252 e. The molecule has 2 rings (SSSR count). The first-order chi connectivity index (χ1) is 8.25. The van der Waals surface area contributed by atoms with Gasteiger partial charge in [-0.3, -0.25) is 4.79 Å². The van der Waals surface area contributed by atoms with Crippen LogP contribution in [0.3, 0.4) is 0 Å². The Morgan fingerprint density at radius 1 is 1.41 bits per heavy atom. The van der Waals surface area contributed by atoms with Crippen LogP contribution in [0.4, 0.5) is 0 Å². The maximum atomic E-state index is 11.6. The van der Waals surface area contributed by atoms with Crippen LogP contribution in [-0.4, -0.2) is 47.8 Å². The first-order valence-corrected chi connectivity index (χ1v) is 5.83. The van der Waals surface area contributed by atoms with Crippen molar-refractivity contribution in [3.63, 3.8) is 0 Å². The van der Waals surface area contributed by atoms with E-state index in [-0.39, 0.29) is 18.6 Å². The molecule has 1 N–H and O–H groups in total. The molecule has 1 aliphatic heterocycles. The lowest BCUT2D eigenvalue weighted by atomic mass is 10.2. The third-order valence-electron chi connectivity index (χ3n) is 2.80. The molecule has 94 valence electrons. The van der Waals surface area contributed by atoms with Crippen LogP contribution in [0.1, 0.15) is 12.8 Å². The van der Waals surface area contributed by atoms with Crippen molar-refractivity contribution in [3.8, 4) is 0 Å². The highest BCUT2D eigenvalue weighted by molar-refractivity contribution is 5.77. The van der Waals surface area contributed by atoms with E-state index < -0.39 is 6.10 Å². The molecule has 2 aliphatic rings. The van der Waals surface area contributed by atoms with Gasteiger partial charge in [-0.25, -0.2) is 9.78 Å². The number of carbonyl (C=O) groups is 1. The van der Waals surface area contributed by atoms with Crippen molar-refractivity contribution in [1.29, 1.82) is 0 Å². The van der Waals surface area contributed by atoms with Crippen molar-refractivity contribution < 1.29 is 19.7 Å². The Morgan fingerprint density at radius 2 is 2.18 bits per heavy atom. The molecule has 0 aromatic carbocycles. The lowest BCUT2D eigenvalue weighted by Crippen LogP contribution is -2.33. The number of amides is 1. The van der Waals surface area contributed by atoms with E-state index >= 15 is 0 Å². The second kappa shape index (κ2) is 5.95. The molecular formula is C12H17NO4. The van der Waals surface area contributed by atoms with E-state index in [1.54, 1.807) is 4.90 Å². The van der Waals surface area contributed by atoms with Gasteiger partial charge in [-0.2, -0.15) is 0 Å². The zero-order valence-corrected chi connectivity index (χ0v) is 9.62. The van der Waals surface area contributed by atoms with E-state index in [1.165, 1.54) is 0 Å². The summed E-state index contributed by atoms with van der Waals surface area (Å²) in [7, 11) is 0. The Kier molecular flexibility index (Phi) is 4.30. The van der Waals surface area contributed by atoms with E-state index in [0.717, 1.165) is 6.42 Å². The number of allylic oxidation sites excluding steroid dienone is 2. The summed E-state index contributed by atoms with van der Waals surface area (Å²) in [5, 5.41) is 9.29. The number of rotatable bonds is 4. The monoisotopic (exact) mass is 239 g/mol. The molecule has 0 aromatic heterocycles. The summed E-state index contributed by atoms with van der Waals surface area (Å²) in [5.41, 5.74) is 0. The molecule has 1 fully saturated rings. The average Bonchev–Trinajstić information content (AvgIpc) is 2.77. The van der Waals surface area contributed by atoms with Gasteiger partial charge < -0.3 is 10.0 Å². The van der Waals surface area contributed by atoms with Crippen molar-refractivity contribution >= 4 is 5.91 Å². The number of carbonyl (C=O) groups excluding carboxylic acids is 1. The van der Waals surface area contributed by atoms with E-state index in [0.29, 0.717) is 19.5 Å². The topological polar surface area (TPSA) is 59.0 Å². The normalized spacial score (nSPS) is 24.5. The van der Waals surface area contributed by atoms with Crippen LogP contribution in [0.2, 0.25) is 0 Å². The summed E-state index contributed by atoms with van der Waals surface area (Å²) in [6.07, 6.45) is 8.66. The van der Waals surface area contributed by atoms with Crippen LogP contribution in [0.15, 0.2) is 24.3 Å². The maximum Gasteiger partial charge on any atom is 0.252 e. The largest absolute Gasteiger partial charge is 0.391 e. The summed E-state index contributed by atoms with van der Waals surface area (Å²) in [6, 6.07) is 0. The molecule has 1 amide bonds. The SMILES string of the molecule is O=C(COOC1C=CCC=C1)N1CCC(O)C1. The van der Waals surface area contributed by atoms with E-state index in [1.807, 2.05) is 24.3 Å². The highest BCUT2D eigenvalue weighted by Crippen LogP contribution is 2.10. The fourth-order valence-corrected chi connectivity index (χ4v) is 1.85. The number of aliphatic hydroxyl groups is 1. The molecule has 0 radical (unpaired) electrons. The number of aliphatic hydroxyl groups excluding tert-OH is 1. The van der Waals surface area contributed by atoms with Crippen molar-refractivity contribution in [2.75, 3.05) is 19.7 Å². The van der Waals surface area contributed by atoms with Crippen molar-refractivity contribution in [2.45, 2.75) is 25.0 Å². The van der Waals surface area contributed by atoms with Crippen LogP contribution in [0.25, 0.3) is 0 Å². The molecule has 1 heterocycles. The standard InChI is InChI=1S/C12H17NO4/c14-10-6-7-13(8-10)12(15)9-16-17-11-4-2-1-3-5-11/h2-5,10-11,14H,1,6-9H2. The van der Waals surface area contributed by atoms with Gasteiger partial charge in [0.25, 0.3) is 5.91 Å². The molecule has 5 nitrogen and oxygen atoms in total. The van der Waals surface area contributed by atoms with Crippen LogP contribution < -0.4 is 0 Å². The Hall–Kier alpha value is -1.17. The molecule has 1 saturated heterocycles. The van der Waals surface area contributed by atoms with Crippen LogP contribution >= 0.6 is 0 Å². The first kappa shape index (κ1) is 12.3. The summed E-state index contributed by atoms with van der Waals surface area (Å²) in [5.74, 6) is -0.148. The van der Waals surface area contributed by atoms with Crippen LogP contribution in [0, 0.1) is 0 Å². The third-order valence-corrected chi connectivity index (χ3v) is 2.80. The molecule has 1 unspecified atom stereocenters. The summed E-state index contributed by atoms with van der Waals surface area (Å²) in [4.78, 5) is 23.2. The maximum absolute atomic E-state index is 11.6. The molecule has 0 saturated carbocycles. The van der Waals surface area contributed by atoms with E-state index in [2.05, 4.69) is 0 Å². The Balaban J connectivity index is 1.64. The highest BCUT2D eigenvalue weighted by atomic mass is 17.2. The highest BCUT2D eigenvalue weighted by Gasteiger charge is 2.24. The van der Waals surface area contributed by atoms with Crippen molar-refractivity contribution in [1.82, 2.24) is 4.90 Å². The number of β-amino-alcohol motifs (C(OH)–C–C–N with tert-alkyl or cyclic N) is 1. The van der Waals surface area contributed by atoms with Gasteiger partial charge >= 0.3 is 0 Å². The quantitative estimate of drug-likeness (QED) is 0.438. The summed E-state index contributed by atoms with van der Waals surface area (Å²) < 4.78 is 0. The summed E-state index contributed by atoms with van der Waals surface area (Å²) >= 11 is 0. The molecule has 1 aliphatic carbocycles. The zero-order valence-electron chi connectivity index (χ0n) is 9.62. The first-order valence-electron chi connectivity index (χ1n) is 5.83. The minimum atomic E-state index is -0.399. The van der Waals surface area contributed by atoms with Gasteiger partial charge in [-0.1, -0.05) is 24.3 Å². The van der Waals surface area contributed by atoms with Gasteiger partial charge in [-0.15, -0.1) is 0 Å². The predicted molar refractivity (Wildman–Crippen MR) is 60.9 cm³/mol. The van der Waals surface area contributed by atoms with Gasteiger partial charge in [0, 0.05) is 13.1 Å². The number of hydrogen-bond donors (Lipinski definition) is 1. The van der Waals surface area contributed by atoms with Crippen LogP contribution in [-0.2, 0) is 14.6 Å². The second-order valence-corrected chi connectivity index (χ2v) is 4.20. The van der Waals surface area contributed by atoms with Gasteiger partial charge in [0.2, 0.25) is 0 Å². The molecule has 0 spiro atoms. The fraction of sp³-hybridized carbons (Fsp3) is 0.583. The van der Waals surface area contributed by atoms with Crippen molar-refractivity contribution in [2.24, 2.45) is 0 Å². The molecule has 0 bridgehead atoms. The van der Waals surface area contributed by atoms with Gasteiger partial charge in [-0.05, 0) is 12.8 Å². The van der Waals surface area contributed by atoms with Crippen molar-refractivity contribution in [3.05, 3.63) is 24.3 Å². The minimum Gasteiger partial charge on any atom is -0.391 e. The number of nitrogens with zero attached hydrogens (tertiary/aromatic N) is 1. The lowest BCUT2D eigenvalue weighted by molar-refractivity contribution is -0.300. The Labute approximate surface area is 100 Å². The lowest BCUT2D eigenvalue weighted by Gasteiger charge is -2.16. The summed E-state index contributed by atoms with van der Waals surface area (Å²) in [6.45, 7) is 0.878. The number of likely N-dealkylation sites (tertiary alicyclic amines) is 1. The third kappa shape index (κ3) is 3.66. The average molecular weight is 239 g/mol. The van der Waals surface area contributed by atoms with Gasteiger partial charge in [0.15, 0.2) is 6.61 Å². The zero-order chi connectivity index (χ0) is 12.1.